The number of hydrazine groups is 1. The van der Waals surface area contributed by atoms with Crippen molar-refractivity contribution >= 4 is 34.1 Å². The average molecular weight is 388 g/mol. The van der Waals surface area contributed by atoms with Gasteiger partial charge in [0, 0.05) is 25.2 Å². The van der Waals surface area contributed by atoms with Gasteiger partial charge in [0.25, 0.3) is 5.91 Å². The lowest BCUT2D eigenvalue weighted by atomic mass is 10.1. The zero-order valence-corrected chi connectivity index (χ0v) is 14.3. The summed E-state index contributed by atoms with van der Waals surface area (Å²) in [6.45, 7) is 0.788. The summed E-state index contributed by atoms with van der Waals surface area (Å²) < 4.78 is 43.8. The summed E-state index contributed by atoms with van der Waals surface area (Å²) in [4.78, 5) is 26.8. The summed E-state index contributed by atoms with van der Waals surface area (Å²) >= 11 is 4.90. The molecule has 140 valence electrons. The van der Waals surface area contributed by atoms with Gasteiger partial charge in [-0.05, 0) is 24.4 Å². The normalized spacial score (nSPS) is 11.2. The first-order valence-corrected chi connectivity index (χ1v) is 7.71. The van der Waals surface area contributed by atoms with Crippen molar-refractivity contribution in [1.29, 1.82) is 0 Å². The van der Waals surface area contributed by atoms with Crippen LogP contribution in [-0.2, 0) is 10.9 Å². The number of benzene rings is 1. The molecule has 1 aromatic heterocycles. The molecule has 0 saturated heterocycles. The van der Waals surface area contributed by atoms with Gasteiger partial charge in [-0.1, -0.05) is 6.07 Å². The number of thiocarbonyl (C=S) groups is 1. The SMILES string of the molecule is COCCNC(=S)NNC(=O)c1c[nH]c2c(C(F)(F)F)cccc2c1=O. The summed E-state index contributed by atoms with van der Waals surface area (Å²) in [5.41, 5.74) is 2.03. The second-order valence-corrected chi connectivity index (χ2v) is 5.49. The highest BCUT2D eigenvalue weighted by Crippen LogP contribution is 2.32. The van der Waals surface area contributed by atoms with Crippen LogP contribution in [-0.4, -0.2) is 36.3 Å². The second-order valence-electron chi connectivity index (χ2n) is 5.09. The van der Waals surface area contributed by atoms with E-state index in [2.05, 4.69) is 21.2 Å². The summed E-state index contributed by atoms with van der Waals surface area (Å²) in [7, 11) is 1.51. The molecule has 4 N–H and O–H groups in total. The minimum atomic E-state index is -4.63. The molecule has 1 heterocycles. The number of methoxy groups -OCH3 is 1. The number of ether oxygens (including phenoxy) is 1. The third-order valence-electron chi connectivity index (χ3n) is 3.35. The van der Waals surface area contributed by atoms with Crippen LogP contribution in [0.4, 0.5) is 13.2 Å². The van der Waals surface area contributed by atoms with E-state index in [9.17, 15) is 22.8 Å². The lowest BCUT2D eigenvalue weighted by Crippen LogP contribution is -2.48. The highest BCUT2D eigenvalue weighted by atomic mass is 32.1. The molecule has 0 spiro atoms. The molecule has 1 aromatic carbocycles. The maximum atomic E-state index is 13.0. The van der Waals surface area contributed by atoms with Gasteiger partial charge in [0.1, 0.15) is 5.56 Å². The van der Waals surface area contributed by atoms with Gasteiger partial charge in [0.15, 0.2) is 5.11 Å². The quantitative estimate of drug-likeness (QED) is 0.358. The number of hydrogen-bond acceptors (Lipinski definition) is 4. The fraction of sp³-hybridized carbons (Fsp3) is 0.267. The molecule has 0 bridgehead atoms. The molecular weight excluding hydrogens is 373 g/mol. The Morgan fingerprint density at radius 3 is 2.69 bits per heavy atom. The van der Waals surface area contributed by atoms with Crippen molar-refractivity contribution in [1.82, 2.24) is 21.2 Å². The lowest BCUT2D eigenvalue weighted by Gasteiger charge is -2.12. The molecule has 2 aromatic rings. The molecule has 0 unspecified atom stereocenters. The standard InChI is InChI=1S/C15H15F3N4O3S/c1-25-6-5-19-14(26)22-21-13(24)9-7-20-11-8(12(9)23)3-2-4-10(11)15(16,17)18/h2-4,7H,5-6H2,1H3,(H,20,23)(H,21,24)(H2,19,22,26). The molecule has 1 amide bonds. The Kier molecular flexibility index (Phi) is 6.16. The second kappa shape index (κ2) is 8.15. The highest BCUT2D eigenvalue weighted by Gasteiger charge is 2.33. The van der Waals surface area contributed by atoms with Gasteiger partial charge in [-0.2, -0.15) is 13.2 Å². The fourth-order valence-corrected chi connectivity index (χ4v) is 2.30. The number of hydrogen-bond donors (Lipinski definition) is 4. The lowest BCUT2D eigenvalue weighted by molar-refractivity contribution is -0.136. The molecular formula is C15H15F3N4O3S. The number of halogens is 3. The van der Waals surface area contributed by atoms with E-state index in [0.29, 0.717) is 13.2 Å². The summed E-state index contributed by atoms with van der Waals surface area (Å²) in [6, 6.07) is 3.17. The van der Waals surface area contributed by atoms with Gasteiger partial charge in [-0.15, -0.1) is 0 Å². The number of fused-ring (bicyclic) bond motifs is 1. The van der Waals surface area contributed by atoms with Crippen molar-refractivity contribution in [2.24, 2.45) is 0 Å². The van der Waals surface area contributed by atoms with Crippen LogP contribution in [0, 0.1) is 0 Å². The molecule has 0 radical (unpaired) electrons. The Morgan fingerprint density at radius 2 is 2.04 bits per heavy atom. The largest absolute Gasteiger partial charge is 0.418 e. The predicted octanol–water partition coefficient (Wildman–Crippen LogP) is 1.30. The van der Waals surface area contributed by atoms with Crippen LogP contribution < -0.4 is 21.6 Å². The number of rotatable bonds is 4. The Morgan fingerprint density at radius 1 is 1.31 bits per heavy atom. The number of H-pyrrole nitrogens is 1. The molecule has 0 atom stereocenters. The van der Waals surface area contributed by atoms with Gasteiger partial charge in [-0.3, -0.25) is 20.4 Å². The molecule has 11 heteroatoms. The van der Waals surface area contributed by atoms with E-state index in [1.54, 1.807) is 0 Å². The molecule has 26 heavy (non-hydrogen) atoms. The van der Waals surface area contributed by atoms with Crippen LogP contribution >= 0.6 is 12.2 Å². The fourth-order valence-electron chi connectivity index (χ4n) is 2.15. The Balaban J connectivity index is 2.20. The molecule has 0 saturated carbocycles. The number of para-hydroxylation sites is 1. The monoisotopic (exact) mass is 388 g/mol. The van der Waals surface area contributed by atoms with Crippen LogP contribution in [0.3, 0.4) is 0 Å². The van der Waals surface area contributed by atoms with E-state index in [1.165, 1.54) is 13.2 Å². The number of pyridine rings is 1. The first-order valence-electron chi connectivity index (χ1n) is 7.30. The zero-order chi connectivity index (χ0) is 19.3. The van der Waals surface area contributed by atoms with Crippen LogP contribution in [0.2, 0.25) is 0 Å². The highest BCUT2D eigenvalue weighted by molar-refractivity contribution is 7.80. The van der Waals surface area contributed by atoms with Crippen LogP contribution in [0.5, 0.6) is 0 Å². The van der Waals surface area contributed by atoms with Crippen molar-refractivity contribution in [3.63, 3.8) is 0 Å². The first kappa shape index (κ1) is 19.7. The first-order chi connectivity index (χ1) is 12.3. The minimum Gasteiger partial charge on any atom is -0.383 e. The van der Waals surface area contributed by atoms with Crippen molar-refractivity contribution in [3.05, 3.63) is 45.7 Å². The van der Waals surface area contributed by atoms with E-state index in [-0.39, 0.29) is 21.6 Å². The van der Waals surface area contributed by atoms with Crippen molar-refractivity contribution in [2.75, 3.05) is 20.3 Å². The van der Waals surface area contributed by atoms with Crippen LogP contribution in [0.1, 0.15) is 15.9 Å². The maximum absolute atomic E-state index is 13.0. The molecule has 0 fully saturated rings. The molecule has 0 aliphatic carbocycles. The molecule has 7 nitrogen and oxygen atoms in total. The predicted molar refractivity (Wildman–Crippen MR) is 92.6 cm³/mol. The van der Waals surface area contributed by atoms with Gasteiger partial charge >= 0.3 is 6.18 Å². The minimum absolute atomic E-state index is 0.0898. The molecule has 0 aliphatic heterocycles. The summed E-state index contributed by atoms with van der Waals surface area (Å²) in [6.07, 6.45) is -3.70. The number of alkyl halides is 3. The third-order valence-corrected chi connectivity index (χ3v) is 3.59. The smallest absolute Gasteiger partial charge is 0.383 e. The van der Waals surface area contributed by atoms with E-state index in [0.717, 1.165) is 18.3 Å². The summed E-state index contributed by atoms with van der Waals surface area (Å²) in [5, 5.41) is 2.58. The van der Waals surface area contributed by atoms with E-state index in [1.807, 2.05) is 0 Å². The number of nitrogens with one attached hydrogen (secondary N) is 4. The topological polar surface area (TPSA) is 95.2 Å². The number of aromatic nitrogens is 1. The molecule has 2 rings (SSSR count). The van der Waals surface area contributed by atoms with Crippen LogP contribution in [0.15, 0.2) is 29.2 Å². The zero-order valence-electron chi connectivity index (χ0n) is 13.5. The van der Waals surface area contributed by atoms with Crippen molar-refractivity contribution in [2.45, 2.75) is 6.18 Å². The van der Waals surface area contributed by atoms with E-state index in [4.69, 9.17) is 17.0 Å². The van der Waals surface area contributed by atoms with Gasteiger partial charge < -0.3 is 15.0 Å². The Labute approximate surface area is 150 Å². The third kappa shape index (κ3) is 4.49. The van der Waals surface area contributed by atoms with Gasteiger partial charge in [0.2, 0.25) is 5.43 Å². The maximum Gasteiger partial charge on any atom is 0.418 e. The van der Waals surface area contributed by atoms with Crippen molar-refractivity contribution in [3.8, 4) is 0 Å². The Bertz CT molecular complexity index is 883. The van der Waals surface area contributed by atoms with Crippen molar-refractivity contribution < 1.29 is 22.7 Å². The number of carbonyl (C=O) groups is 1. The molecule has 0 aliphatic rings. The van der Waals surface area contributed by atoms with Crippen LogP contribution in [0.25, 0.3) is 10.9 Å². The Hall–Kier alpha value is -2.66. The van der Waals surface area contributed by atoms with E-state index >= 15 is 0 Å². The average Bonchev–Trinajstić information content (AvgIpc) is 2.59. The number of carbonyl (C=O) groups excluding carboxylic acids is 1. The van der Waals surface area contributed by atoms with Gasteiger partial charge in [0.05, 0.1) is 17.7 Å². The van der Waals surface area contributed by atoms with Gasteiger partial charge in [-0.25, -0.2) is 0 Å². The number of amides is 1. The van der Waals surface area contributed by atoms with E-state index < -0.39 is 23.1 Å². The number of aromatic amines is 1. The summed E-state index contributed by atoms with van der Waals surface area (Å²) in [5.74, 6) is -0.846.